The lowest BCUT2D eigenvalue weighted by atomic mass is 10.3. The SMILES string of the molecule is COc1cc(C(F)F)[nH]c(=O)c1OC. The Labute approximate surface area is 78.5 Å². The summed E-state index contributed by atoms with van der Waals surface area (Å²) in [4.78, 5) is 13.2. The molecule has 1 N–H and O–H groups in total. The zero-order chi connectivity index (χ0) is 10.7. The summed E-state index contributed by atoms with van der Waals surface area (Å²) in [5.41, 5.74) is -1.23. The van der Waals surface area contributed by atoms with Crippen molar-refractivity contribution in [1.29, 1.82) is 0 Å². The lowest BCUT2D eigenvalue weighted by Crippen LogP contribution is -2.13. The molecule has 0 spiro atoms. The number of alkyl halides is 2. The van der Waals surface area contributed by atoms with E-state index in [1.807, 2.05) is 4.98 Å². The minimum Gasteiger partial charge on any atom is -0.493 e. The van der Waals surface area contributed by atoms with E-state index < -0.39 is 17.7 Å². The first-order valence-corrected chi connectivity index (χ1v) is 3.73. The van der Waals surface area contributed by atoms with E-state index in [9.17, 15) is 13.6 Å². The minimum atomic E-state index is -2.75. The smallest absolute Gasteiger partial charge is 0.294 e. The maximum Gasteiger partial charge on any atom is 0.294 e. The van der Waals surface area contributed by atoms with Gasteiger partial charge in [0.2, 0.25) is 5.75 Å². The summed E-state index contributed by atoms with van der Waals surface area (Å²) in [7, 11) is 2.53. The van der Waals surface area contributed by atoms with Crippen molar-refractivity contribution in [2.75, 3.05) is 14.2 Å². The molecule has 0 atom stereocenters. The summed E-state index contributed by atoms with van der Waals surface area (Å²) in [5, 5.41) is 0. The summed E-state index contributed by atoms with van der Waals surface area (Å²) in [6, 6.07) is 1.03. The monoisotopic (exact) mass is 205 g/mol. The van der Waals surface area contributed by atoms with Crippen LogP contribution in [-0.2, 0) is 0 Å². The summed E-state index contributed by atoms with van der Waals surface area (Å²) < 4.78 is 33.9. The Kier molecular flexibility index (Phi) is 3.06. The van der Waals surface area contributed by atoms with E-state index >= 15 is 0 Å². The molecule has 0 radical (unpaired) electrons. The van der Waals surface area contributed by atoms with E-state index in [4.69, 9.17) is 4.74 Å². The molecule has 0 aromatic carbocycles. The van der Waals surface area contributed by atoms with Crippen LogP contribution in [0, 0.1) is 0 Å². The molecule has 1 heterocycles. The number of halogens is 2. The second-order valence-electron chi connectivity index (χ2n) is 2.46. The van der Waals surface area contributed by atoms with Crippen molar-refractivity contribution in [3.05, 3.63) is 22.1 Å². The molecule has 0 amide bonds. The standard InChI is InChI=1S/C8H9F2NO3/c1-13-5-3-4(7(9)10)11-8(12)6(5)14-2/h3,7H,1-2H3,(H,11,12). The van der Waals surface area contributed by atoms with E-state index in [-0.39, 0.29) is 11.5 Å². The Bertz CT molecular complexity index is 375. The van der Waals surface area contributed by atoms with E-state index in [0.717, 1.165) is 6.07 Å². The number of hydrogen-bond donors (Lipinski definition) is 1. The summed E-state index contributed by atoms with van der Waals surface area (Å²) in [6.45, 7) is 0. The highest BCUT2D eigenvalue weighted by Gasteiger charge is 2.15. The first-order chi connectivity index (χ1) is 6.60. The number of aromatic amines is 1. The number of rotatable bonds is 3. The van der Waals surface area contributed by atoms with E-state index in [1.54, 1.807) is 0 Å². The lowest BCUT2D eigenvalue weighted by Gasteiger charge is -2.07. The maximum atomic E-state index is 12.2. The third-order valence-corrected chi connectivity index (χ3v) is 1.63. The fraction of sp³-hybridized carbons (Fsp3) is 0.375. The highest BCUT2D eigenvalue weighted by atomic mass is 19.3. The molecule has 0 aliphatic carbocycles. The topological polar surface area (TPSA) is 51.3 Å². The molecule has 1 rings (SSSR count). The molecule has 0 aliphatic heterocycles. The van der Waals surface area contributed by atoms with Crippen LogP contribution in [-0.4, -0.2) is 19.2 Å². The Hall–Kier alpha value is -1.59. The van der Waals surface area contributed by atoms with E-state index in [2.05, 4.69) is 4.74 Å². The molecule has 1 aromatic heterocycles. The van der Waals surface area contributed by atoms with Gasteiger partial charge in [-0.25, -0.2) is 8.78 Å². The molecule has 78 valence electrons. The molecule has 0 saturated heterocycles. The van der Waals surface area contributed by atoms with Crippen LogP contribution in [0.5, 0.6) is 11.5 Å². The quantitative estimate of drug-likeness (QED) is 0.809. The average molecular weight is 205 g/mol. The van der Waals surface area contributed by atoms with Gasteiger partial charge in [-0.3, -0.25) is 4.79 Å². The molecule has 0 saturated carbocycles. The fourth-order valence-corrected chi connectivity index (χ4v) is 1.01. The van der Waals surface area contributed by atoms with Gasteiger partial charge in [-0.05, 0) is 0 Å². The van der Waals surface area contributed by atoms with Crippen LogP contribution >= 0.6 is 0 Å². The van der Waals surface area contributed by atoms with E-state index in [0.29, 0.717) is 0 Å². The zero-order valence-corrected chi connectivity index (χ0v) is 7.64. The molecule has 4 nitrogen and oxygen atoms in total. The second kappa shape index (κ2) is 4.08. The van der Waals surface area contributed by atoms with Crippen LogP contribution in [0.2, 0.25) is 0 Å². The maximum absolute atomic E-state index is 12.2. The van der Waals surface area contributed by atoms with Gasteiger partial charge in [-0.1, -0.05) is 0 Å². The van der Waals surface area contributed by atoms with Crippen molar-refractivity contribution in [2.45, 2.75) is 6.43 Å². The minimum absolute atomic E-state index is 0.00782. The average Bonchev–Trinajstić information content (AvgIpc) is 2.16. The third kappa shape index (κ3) is 1.84. The first-order valence-electron chi connectivity index (χ1n) is 3.73. The number of pyridine rings is 1. The number of nitrogens with one attached hydrogen (secondary N) is 1. The van der Waals surface area contributed by atoms with Gasteiger partial charge < -0.3 is 14.5 Å². The van der Waals surface area contributed by atoms with Crippen LogP contribution in [0.4, 0.5) is 8.78 Å². The van der Waals surface area contributed by atoms with Gasteiger partial charge in [0.05, 0.1) is 19.9 Å². The van der Waals surface area contributed by atoms with Crippen molar-refractivity contribution in [1.82, 2.24) is 4.98 Å². The fourth-order valence-electron chi connectivity index (χ4n) is 1.01. The number of hydrogen-bond acceptors (Lipinski definition) is 3. The van der Waals surface area contributed by atoms with Gasteiger partial charge in [0.25, 0.3) is 12.0 Å². The molecule has 0 fully saturated rings. The molecular formula is C8H9F2NO3. The van der Waals surface area contributed by atoms with Gasteiger partial charge in [0, 0.05) is 6.07 Å². The Morgan fingerprint density at radius 1 is 1.36 bits per heavy atom. The first kappa shape index (κ1) is 10.5. The van der Waals surface area contributed by atoms with Crippen molar-refractivity contribution >= 4 is 0 Å². The summed E-state index contributed by atoms with van der Waals surface area (Å²) >= 11 is 0. The number of methoxy groups -OCH3 is 2. The van der Waals surface area contributed by atoms with Crippen molar-refractivity contribution < 1.29 is 18.3 Å². The molecule has 14 heavy (non-hydrogen) atoms. The van der Waals surface area contributed by atoms with Gasteiger partial charge >= 0.3 is 0 Å². The number of H-pyrrole nitrogens is 1. The molecule has 0 bridgehead atoms. The Morgan fingerprint density at radius 2 is 2.00 bits per heavy atom. The largest absolute Gasteiger partial charge is 0.493 e. The van der Waals surface area contributed by atoms with Crippen LogP contribution < -0.4 is 15.0 Å². The molecule has 6 heteroatoms. The predicted octanol–water partition coefficient (Wildman–Crippen LogP) is 1.33. The van der Waals surface area contributed by atoms with Crippen molar-refractivity contribution in [2.24, 2.45) is 0 Å². The molecule has 1 aromatic rings. The van der Waals surface area contributed by atoms with Crippen LogP contribution in [0.1, 0.15) is 12.1 Å². The molecule has 0 aliphatic rings. The number of ether oxygens (including phenoxy) is 2. The van der Waals surface area contributed by atoms with Gasteiger partial charge in [-0.2, -0.15) is 0 Å². The second-order valence-corrected chi connectivity index (χ2v) is 2.46. The van der Waals surface area contributed by atoms with Gasteiger partial charge in [-0.15, -0.1) is 0 Å². The molecular weight excluding hydrogens is 196 g/mol. The highest BCUT2D eigenvalue weighted by Crippen LogP contribution is 2.26. The lowest BCUT2D eigenvalue weighted by molar-refractivity contribution is 0.145. The van der Waals surface area contributed by atoms with Crippen LogP contribution in [0.3, 0.4) is 0 Å². The molecule has 0 unspecified atom stereocenters. The number of aromatic nitrogens is 1. The van der Waals surface area contributed by atoms with E-state index in [1.165, 1.54) is 14.2 Å². The van der Waals surface area contributed by atoms with Crippen LogP contribution in [0.25, 0.3) is 0 Å². The summed E-state index contributed by atoms with van der Waals surface area (Å²) in [6.07, 6.45) is -2.75. The predicted molar refractivity (Wildman–Crippen MR) is 45.1 cm³/mol. The van der Waals surface area contributed by atoms with Crippen molar-refractivity contribution in [3.8, 4) is 11.5 Å². The normalized spacial score (nSPS) is 10.4. The van der Waals surface area contributed by atoms with Gasteiger partial charge in [0.15, 0.2) is 5.75 Å². The highest BCUT2D eigenvalue weighted by molar-refractivity contribution is 5.39. The third-order valence-electron chi connectivity index (χ3n) is 1.63. The Morgan fingerprint density at radius 3 is 2.43 bits per heavy atom. The van der Waals surface area contributed by atoms with Gasteiger partial charge in [0.1, 0.15) is 0 Å². The zero-order valence-electron chi connectivity index (χ0n) is 7.64. The summed E-state index contributed by atoms with van der Waals surface area (Å²) in [5.74, 6) is -0.122. The Balaban J connectivity index is 3.32. The van der Waals surface area contributed by atoms with Crippen LogP contribution in [0.15, 0.2) is 10.9 Å². The van der Waals surface area contributed by atoms with Crippen molar-refractivity contribution in [3.63, 3.8) is 0 Å².